The highest BCUT2D eigenvalue weighted by Gasteiger charge is 2.04. The van der Waals surface area contributed by atoms with Crippen LogP contribution in [0.3, 0.4) is 0 Å². The summed E-state index contributed by atoms with van der Waals surface area (Å²) in [6.45, 7) is 2.10. The van der Waals surface area contributed by atoms with E-state index in [9.17, 15) is 0 Å². The maximum absolute atomic E-state index is 5.97. The number of pyridine rings is 1. The fourth-order valence-electron chi connectivity index (χ4n) is 1.77. The van der Waals surface area contributed by atoms with Crippen molar-refractivity contribution < 1.29 is 4.74 Å². The van der Waals surface area contributed by atoms with Crippen LogP contribution in [0.4, 0.5) is 0 Å². The van der Waals surface area contributed by atoms with Crippen LogP contribution in [0, 0.1) is 0 Å². The van der Waals surface area contributed by atoms with Crippen LogP contribution in [0.2, 0.25) is 0 Å². The van der Waals surface area contributed by atoms with Gasteiger partial charge in [0.25, 0.3) is 0 Å². The summed E-state index contributed by atoms with van der Waals surface area (Å²) in [7, 11) is 0. The van der Waals surface area contributed by atoms with Crippen LogP contribution < -0.4 is 10.5 Å². The number of benzene rings is 1. The lowest BCUT2D eigenvalue weighted by Gasteiger charge is -2.10. The van der Waals surface area contributed by atoms with Crippen LogP contribution in [0.5, 0.6) is 11.5 Å². The standard InChI is InChI=1S/C15H17BrN2O/c1-2-13(17)6-11-4-3-5-14(7-11)19-15-8-12(16)9-18-10-15/h3-5,7-10,13H,2,6,17H2,1H3. The molecule has 1 aromatic heterocycles. The molecule has 0 aliphatic carbocycles. The summed E-state index contributed by atoms with van der Waals surface area (Å²) in [5, 5.41) is 0. The topological polar surface area (TPSA) is 48.1 Å². The van der Waals surface area contributed by atoms with Gasteiger partial charge in [-0.2, -0.15) is 0 Å². The summed E-state index contributed by atoms with van der Waals surface area (Å²) in [6.07, 6.45) is 5.25. The Morgan fingerprint density at radius 1 is 1.26 bits per heavy atom. The van der Waals surface area contributed by atoms with Gasteiger partial charge in [0.05, 0.1) is 6.20 Å². The number of hydrogen-bond acceptors (Lipinski definition) is 3. The first-order chi connectivity index (χ1) is 9.17. The predicted molar refractivity (Wildman–Crippen MR) is 80.4 cm³/mol. The number of aromatic nitrogens is 1. The maximum Gasteiger partial charge on any atom is 0.146 e. The molecular formula is C15H17BrN2O. The molecule has 2 rings (SSSR count). The second-order valence-corrected chi connectivity index (χ2v) is 5.38. The second kappa shape index (κ2) is 6.68. The van der Waals surface area contributed by atoms with E-state index in [1.54, 1.807) is 12.4 Å². The molecule has 0 aliphatic rings. The van der Waals surface area contributed by atoms with Gasteiger partial charge in [0.15, 0.2) is 0 Å². The van der Waals surface area contributed by atoms with Crippen molar-refractivity contribution in [3.8, 4) is 11.5 Å². The summed E-state index contributed by atoms with van der Waals surface area (Å²) in [4.78, 5) is 4.07. The Morgan fingerprint density at radius 2 is 2.11 bits per heavy atom. The normalized spacial score (nSPS) is 12.2. The van der Waals surface area contributed by atoms with E-state index >= 15 is 0 Å². The van der Waals surface area contributed by atoms with E-state index in [2.05, 4.69) is 33.9 Å². The molecule has 0 saturated carbocycles. The third-order valence-electron chi connectivity index (χ3n) is 2.84. The van der Waals surface area contributed by atoms with Crippen molar-refractivity contribution in [1.82, 2.24) is 4.98 Å². The fourth-order valence-corrected chi connectivity index (χ4v) is 2.11. The van der Waals surface area contributed by atoms with Gasteiger partial charge < -0.3 is 10.5 Å². The van der Waals surface area contributed by atoms with Gasteiger partial charge in [-0.3, -0.25) is 4.98 Å². The smallest absolute Gasteiger partial charge is 0.146 e. The van der Waals surface area contributed by atoms with Gasteiger partial charge >= 0.3 is 0 Å². The molecular weight excluding hydrogens is 304 g/mol. The van der Waals surface area contributed by atoms with Gasteiger partial charge in [-0.1, -0.05) is 19.1 Å². The molecule has 0 spiro atoms. The third kappa shape index (κ3) is 4.33. The van der Waals surface area contributed by atoms with E-state index in [0.717, 1.165) is 23.1 Å². The first-order valence-corrected chi connectivity index (χ1v) is 7.09. The molecule has 0 amide bonds. The first-order valence-electron chi connectivity index (χ1n) is 6.30. The van der Waals surface area contributed by atoms with Gasteiger partial charge in [-0.15, -0.1) is 0 Å². The molecule has 2 N–H and O–H groups in total. The zero-order valence-corrected chi connectivity index (χ0v) is 12.4. The molecule has 0 saturated heterocycles. The Labute approximate surface area is 121 Å². The SMILES string of the molecule is CCC(N)Cc1cccc(Oc2cncc(Br)c2)c1. The summed E-state index contributed by atoms with van der Waals surface area (Å²) in [5.74, 6) is 1.52. The molecule has 1 unspecified atom stereocenters. The average molecular weight is 321 g/mol. The van der Waals surface area contributed by atoms with E-state index in [-0.39, 0.29) is 6.04 Å². The number of rotatable bonds is 5. The highest BCUT2D eigenvalue weighted by atomic mass is 79.9. The number of hydrogen-bond donors (Lipinski definition) is 1. The quantitative estimate of drug-likeness (QED) is 0.908. The number of nitrogens with zero attached hydrogens (tertiary/aromatic N) is 1. The van der Waals surface area contributed by atoms with Crippen molar-refractivity contribution in [2.45, 2.75) is 25.8 Å². The molecule has 2 aromatic rings. The van der Waals surface area contributed by atoms with Crippen LogP contribution in [-0.4, -0.2) is 11.0 Å². The Kier molecular flexibility index (Phi) is 4.93. The van der Waals surface area contributed by atoms with Gasteiger partial charge in [0.2, 0.25) is 0 Å². The van der Waals surface area contributed by atoms with Crippen molar-refractivity contribution in [1.29, 1.82) is 0 Å². The van der Waals surface area contributed by atoms with Crippen LogP contribution in [-0.2, 0) is 6.42 Å². The molecule has 0 fully saturated rings. The molecule has 0 aliphatic heterocycles. The Morgan fingerprint density at radius 3 is 2.84 bits per heavy atom. The molecule has 0 radical (unpaired) electrons. The van der Waals surface area contributed by atoms with E-state index < -0.39 is 0 Å². The van der Waals surface area contributed by atoms with E-state index in [1.807, 2.05) is 24.3 Å². The highest BCUT2D eigenvalue weighted by Crippen LogP contribution is 2.24. The summed E-state index contributed by atoms with van der Waals surface area (Å²) >= 11 is 3.37. The lowest BCUT2D eigenvalue weighted by atomic mass is 10.0. The number of ether oxygens (including phenoxy) is 1. The lowest BCUT2D eigenvalue weighted by Crippen LogP contribution is -2.21. The number of nitrogens with two attached hydrogens (primary N) is 1. The van der Waals surface area contributed by atoms with E-state index in [0.29, 0.717) is 5.75 Å². The monoisotopic (exact) mass is 320 g/mol. The van der Waals surface area contributed by atoms with Gasteiger partial charge in [0, 0.05) is 16.7 Å². The summed E-state index contributed by atoms with van der Waals surface area (Å²) in [5.41, 5.74) is 7.16. The van der Waals surface area contributed by atoms with Gasteiger partial charge in [-0.25, -0.2) is 0 Å². The van der Waals surface area contributed by atoms with Gasteiger partial charge in [0.1, 0.15) is 11.5 Å². The van der Waals surface area contributed by atoms with Crippen molar-refractivity contribution >= 4 is 15.9 Å². The Hall–Kier alpha value is -1.39. The van der Waals surface area contributed by atoms with Crippen LogP contribution in [0.1, 0.15) is 18.9 Å². The van der Waals surface area contributed by atoms with Crippen molar-refractivity contribution in [3.05, 3.63) is 52.8 Å². The second-order valence-electron chi connectivity index (χ2n) is 4.46. The maximum atomic E-state index is 5.97. The zero-order valence-electron chi connectivity index (χ0n) is 10.8. The van der Waals surface area contributed by atoms with Gasteiger partial charge in [-0.05, 0) is 52.5 Å². The first kappa shape index (κ1) is 14.0. The van der Waals surface area contributed by atoms with Crippen LogP contribution >= 0.6 is 15.9 Å². The molecule has 3 nitrogen and oxygen atoms in total. The van der Waals surface area contributed by atoms with Crippen molar-refractivity contribution in [2.24, 2.45) is 5.73 Å². The highest BCUT2D eigenvalue weighted by molar-refractivity contribution is 9.10. The van der Waals surface area contributed by atoms with Crippen molar-refractivity contribution in [2.75, 3.05) is 0 Å². The Balaban J connectivity index is 2.10. The summed E-state index contributed by atoms with van der Waals surface area (Å²) in [6, 6.07) is 10.1. The fraction of sp³-hybridized carbons (Fsp3) is 0.267. The Bertz CT molecular complexity index is 545. The molecule has 1 heterocycles. The average Bonchev–Trinajstić information content (AvgIpc) is 2.39. The van der Waals surface area contributed by atoms with E-state index in [1.165, 1.54) is 5.56 Å². The minimum Gasteiger partial charge on any atom is -0.456 e. The van der Waals surface area contributed by atoms with Crippen LogP contribution in [0.25, 0.3) is 0 Å². The minimum atomic E-state index is 0.197. The molecule has 1 atom stereocenters. The number of halogens is 1. The molecule has 1 aromatic carbocycles. The molecule has 19 heavy (non-hydrogen) atoms. The minimum absolute atomic E-state index is 0.197. The molecule has 4 heteroatoms. The molecule has 0 bridgehead atoms. The molecule has 100 valence electrons. The predicted octanol–water partition coefficient (Wildman–Crippen LogP) is 3.92. The summed E-state index contributed by atoms with van der Waals surface area (Å²) < 4.78 is 6.68. The van der Waals surface area contributed by atoms with Crippen LogP contribution in [0.15, 0.2) is 47.2 Å². The largest absolute Gasteiger partial charge is 0.456 e. The third-order valence-corrected chi connectivity index (χ3v) is 3.27. The van der Waals surface area contributed by atoms with E-state index in [4.69, 9.17) is 10.5 Å². The lowest BCUT2D eigenvalue weighted by molar-refractivity contribution is 0.478. The van der Waals surface area contributed by atoms with Crippen molar-refractivity contribution in [3.63, 3.8) is 0 Å². The zero-order chi connectivity index (χ0) is 13.7.